The van der Waals surface area contributed by atoms with Crippen LogP contribution < -0.4 is 10.9 Å². The van der Waals surface area contributed by atoms with Gasteiger partial charge in [0.25, 0.3) is 11.5 Å². The zero-order valence-corrected chi connectivity index (χ0v) is 16.1. The third-order valence-electron chi connectivity index (χ3n) is 5.78. The molecule has 0 aromatic carbocycles. The van der Waals surface area contributed by atoms with Crippen LogP contribution in [0.25, 0.3) is 0 Å². The van der Waals surface area contributed by atoms with Crippen molar-refractivity contribution in [2.24, 2.45) is 0 Å². The van der Waals surface area contributed by atoms with Crippen LogP contribution in [-0.4, -0.2) is 51.4 Å². The Morgan fingerprint density at radius 1 is 1.21 bits per heavy atom. The van der Waals surface area contributed by atoms with Gasteiger partial charge in [0.05, 0.1) is 18.4 Å². The van der Waals surface area contributed by atoms with Crippen molar-refractivity contribution in [3.05, 3.63) is 45.7 Å². The standard InChI is InChI=1S/C20H27N5O3/c26-19-13-15-5-1-2-7-17(15)23-25(19)12-11-24-10-4-3-6-16(24)14-21-20(27)18-8-9-22-28-18/h8-9,13,16H,1-7,10-12,14H2,(H,21,27). The Kier molecular flexibility index (Phi) is 5.85. The number of nitrogens with one attached hydrogen (secondary N) is 1. The molecular weight excluding hydrogens is 358 g/mol. The van der Waals surface area contributed by atoms with Gasteiger partial charge >= 0.3 is 0 Å². The highest BCUT2D eigenvalue weighted by Gasteiger charge is 2.24. The fourth-order valence-electron chi connectivity index (χ4n) is 4.20. The number of aromatic nitrogens is 3. The van der Waals surface area contributed by atoms with E-state index in [0.29, 0.717) is 13.1 Å². The number of nitrogens with zero attached hydrogens (tertiary/aromatic N) is 4. The normalized spacial score (nSPS) is 19.9. The van der Waals surface area contributed by atoms with Crippen molar-refractivity contribution in [2.45, 2.75) is 57.5 Å². The van der Waals surface area contributed by atoms with Crippen LogP contribution in [0.3, 0.4) is 0 Å². The quantitative estimate of drug-likeness (QED) is 0.808. The molecule has 150 valence electrons. The average molecular weight is 385 g/mol. The molecule has 2 aromatic rings. The van der Waals surface area contributed by atoms with Crippen LogP contribution in [-0.2, 0) is 19.4 Å². The van der Waals surface area contributed by atoms with Crippen molar-refractivity contribution in [3.8, 4) is 0 Å². The van der Waals surface area contributed by atoms with Gasteiger partial charge in [0.15, 0.2) is 0 Å². The highest BCUT2D eigenvalue weighted by atomic mass is 16.5. The van der Waals surface area contributed by atoms with Gasteiger partial charge in [-0.15, -0.1) is 0 Å². The van der Waals surface area contributed by atoms with Crippen molar-refractivity contribution < 1.29 is 9.32 Å². The lowest BCUT2D eigenvalue weighted by atomic mass is 9.97. The Labute approximate surface area is 163 Å². The summed E-state index contributed by atoms with van der Waals surface area (Å²) in [6.07, 6.45) is 9.02. The van der Waals surface area contributed by atoms with Gasteiger partial charge < -0.3 is 9.84 Å². The van der Waals surface area contributed by atoms with Gasteiger partial charge in [-0.2, -0.15) is 5.10 Å². The maximum absolute atomic E-state index is 12.4. The molecule has 0 spiro atoms. The Hall–Kier alpha value is -2.48. The van der Waals surface area contributed by atoms with E-state index in [1.165, 1.54) is 6.20 Å². The van der Waals surface area contributed by atoms with E-state index in [9.17, 15) is 9.59 Å². The fourth-order valence-corrected chi connectivity index (χ4v) is 4.20. The number of fused-ring (bicyclic) bond motifs is 1. The summed E-state index contributed by atoms with van der Waals surface area (Å²) in [6.45, 7) is 2.88. The molecular formula is C20H27N5O3. The minimum absolute atomic E-state index is 0.00664. The first kappa shape index (κ1) is 18.9. The first-order chi connectivity index (χ1) is 13.7. The third kappa shape index (κ3) is 4.32. The van der Waals surface area contributed by atoms with Gasteiger partial charge in [0.1, 0.15) is 0 Å². The number of hydrogen-bond acceptors (Lipinski definition) is 6. The maximum Gasteiger partial charge on any atom is 0.289 e. The molecule has 8 heteroatoms. The van der Waals surface area contributed by atoms with Gasteiger partial charge in [0, 0.05) is 31.3 Å². The fraction of sp³-hybridized carbons (Fsp3) is 0.600. The number of amides is 1. The molecule has 1 aliphatic carbocycles. The zero-order chi connectivity index (χ0) is 19.3. The van der Waals surface area contributed by atoms with E-state index in [1.54, 1.807) is 16.8 Å². The molecule has 1 N–H and O–H groups in total. The third-order valence-corrected chi connectivity index (χ3v) is 5.78. The van der Waals surface area contributed by atoms with Gasteiger partial charge in [-0.3, -0.25) is 14.5 Å². The second-order valence-electron chi connectivity index (χ2n) is 7.66. The second-order valence-corrected chi connectivity index (χ2v) is 7.66. The first-order valence-electron chi connectivity index (χ1n) is 10.2. The molecule has 1 aliphatic heterocycles. The number of aryl methyl sites for hydroxylation is 2. The maximum atomic E-state index is 12.4. The van der Waals surface area contributed by atoms with Crippen LogP contribution in [0.5, 0.6) is 0 Å². The first-order valence-corrected chi connectivity index (χ1v) is 10.2. The topological polar surface area (TPSA) is 93.3 Å². The Balaban J connectivity index is 1.36. The summed E-state index contributed by atoms with van der Waals surface area (Å²) in [6, 6.07) is 3.59. The number of carbonyl (C=O) groups is 1. The molecule has 0 bridgehead atoms. The van der Waals surface area contributed by atoms with E-state index < -0.39 is 0 Å². The lowest BCUT2D eigenvalue weighted by Crippen LogP contribution is -2.48. The van der Waals surface area contributed by atoms with Crippen LogP contribution in [0.4, 0.5) is 0 Å². The number of carbonyl (C=O) groups excluding carboxylic acids is 1. The van der Waals surface area contributed by atoms with Crippen LogP contribution in [0.15, 0.2) is 27.6 Å². The smallest absolute Gasteiger partial charge is 0.289 e. The minimum Gasteiger partial charge on any atom is -0.351 e. The summed E-state index contributed by atoms with van der Waals surface area (Å²) in [5.41, 5.74) is 2.20. The van der Waals surface area contributed by atoms with Crippen molar-refractivity contribution in [1.82, 2.24) is 25.2 Å². The predicted octanol–water partition coefficient (Wildman–Crippen LogP) is 1.39. The average Bonchev–Trinajstić information content (AvgIpc) is 3.26. The minimum atomic E-state index is -0.240. The largest absolute Gasteiger partial charge is 0.351 e. The Morgan fingerprint density at radius 3 is 2.96 bits per heavy atom. The molecule has 4 rings (SSSR count). The summed E-state index contributed by atoms with van der Waals surface area (Å²) >= 11 is 0. The molecule has 1 atom stereocenters. The van der Waals surface area contributed by atoms with Gasteiger partial charge in [-0.1, -0.05) is 11.6 Å². The van der Waals surface area contributed by atoms with E-state index in [1.807, 2.05) is 0 Å². The van der Waals surface area contributed by atoms with Crippen LogP contribution in [0, 0.1) is 0 Å². The second kappa shape index (κ2) is 8.68. The van der Waals surface area contributed by atoms with E-state index in [0.717, 1.165) is 69.3 Å². The monoisotopic (exact) mass is 385 g/mol. The molecule has 28 heavy (non-hydrogen) atoms. The van der Waals surface area contributed by atoms with Crippen molar-refractivity contribution in [2.75, 3.05) is 19.6 Å². The molecule has 8 nitrogen and oxygen atoms in total. The molecule has 0 saturated carbocycles. The Bertz CT molecular complexity index is 861. The molecule has 3 heterocycles. The predicted molar refractivity (Wildman–Crippen MR) is 103 cm³/mol. The molecule has 1 amide bonds. The summed E-state index contributed by atoms with van der Waals surface area (Å²) in [7, 11) is 0. The molecule has 1 fully saturated rings. The highest BCUT2D eigenvalue weighted by Crippen LogP contribution is 2.18. The number of likely N-dealkylation sites (tertiary alicyclic amines) is 1. The molecule has 0 radical (unpaired) electrons. The van der Waals surface area contributed by atoms with Crippen LogP contribution in [0.1, 0.15) is 53.9 Å². The number of hydrogen-bond donors (Lipinski definition) is 1. The molecule has 2 aromatic heterocycles. The number of rotatable bonds is 6. The van der Waals surface area contributed by atoms with E-state index in [4.69, 9.17) is 4.52 Å². The van der Waals surface area contributed by atoms with Gasteiger partial charge in [-0.05, 0) is 50.6 Å². The highest BCUT2D eigenvalue weighted by molar-refractivity contribution is 5.91. The zero-order valence-electron chi connectivity index (χ0n) is 16.1. The van der Waals surface area contributed by atoms with E-state index >= 15 is 0 Å². The van der Waals surface area contributed by atoms with Gasteiger partial charge in [-0.25, -0.2) is 4.68 Å². The van der Waals surface area contributed by atoms with Gasteiger partial charge in [0.2, 0.25) is 5.76 Å². The van der Waals surface area contributed by atoms with Crippen LogP contribution >= 0.6 is 0 Å². The van der Waals surface area contributed by atoms with Crippen LogP contribution in [0.2, 0.25) is 0 Å². The Morgan fingerprint density at radius 2 is 2.11 bits per heavy atom. The van der Waals surface area contributed by atoms with Crippen molar-refractivity contribution >= 4 is 5.91 Å². The van der Waals surface area contributed by atoms with Crippen molar-refractivity contribution in [1.29, 1.82) is 0 Å². The number of piperidine rings is 1. The molecule has 1 unspecified atom stereocenters. The van der Waals surface area contributed by atoms with E-state index in [-0.39, 0.29) is 23.3 Å². The van der Waals surface area contributed by atoms with Crippen molar-refractivity contribution in [3.63, 3.8) is 0 Å². The summed E-state index contributed by atoms with van der Waals surface area (Å²) in [4.78, 5) is 26.9. The summed E-state index contributed by atoms with van der Waals surface area (Å²) < 4.78 is 6.52. The van der Waals surface area contributed by atoms with E-state index in [2.05, 4.69) is 20.5 Å². The summed E-state index contributed by atoms with van der Waals surface area (Å²) in [5.74, 6) is -0.0113. The summed E-state index contributed by atoms with van der Waals surface area (Å²) in [5, 5.41) is 11.1. The lowest BCUT2D eigenvalue weighted by molar-refractivity contribution is 0.0874. The SMILES string of the molecule is O=C(NCC1CCCCN1CCn1nc2c(cc1=O)CCCC2)c1ccno1. The lowest BCUT2D eigenvalue weighted by Gasteiger charge is -2.35. The molecule has 1 saturated heterocycles. The molecule has 2 aliphatic rings.